The van der Waals surface area contributed by atoms with E-state index in [2.05, 4.69) is 20.2 Å². The molecule has 0 radical (unpaired) electrons. The summed E-state index contributed by atoms with van der Waals surface area (Å²) in [7, 11) is 0. The Hall–Kier alpha value is -5.16. The molecule has 0 spiro atoms. The minimum Gasteiger partial charge on any atom is -0.461 e. The molecule has 0 atom stereocenters. The molecule has 0 fully saturated rings. The summed E-state index contributed by atoms with van der Waals surface area (Å²) in [5.41, 5.74) is 16.1. The van der Waals surface area contributed by atoms with E-state index < -0.39 is 0 Å². The number of aromatic nitrogens is 4. The van der Waals surface area contributed by atoms with Crippen molar-refractivity contribution in [3.63, 3.8) is 0 Å². The lowest BCUT2D eigenvalue weighted by atomic mass is 10.2. The molecule has 0 unspecified atom stereocenters. The maximum Gasteiger partial charge on any atom is 0.193 e. The second kappa shape index (κ2) is 11.9. The van der Waals surface area contributed by atoms with E-state index in [1.54, 1.807) is 64.4 Å². The highest BCUT2D eigenvalue weighted by atomic mass is 35.5. The zero-order valence-corrected chi connectivity index (χ0v) is 21.1. The van der Waals surface area contributed by atoms with E-state index in [0.717, 1.165) is 11.4 Å². The van der Waals surface area contributed by atoms with Crippen LogP contribution in [0.2, 0.25) is 0 Å². The van der Waals surface area contributed by atoms with Crippen LogP contribution in [0.15, 0.2) is 109 Å². The molecule has 0 saturated heterocycles. The summed E-state index contributed by atoms with van der Waals surface area (Å²) in [6, 6.07) is 16.9. The Labute approximate surface area is 225 Å². The van der Waals surface area contributed by atoms with E-state index in [1.165, 1.54) is 12.1 Å². The first-order valence-corrected chi connectivity index (χ1v) is 11.4. The van der Waals surface area contributed by atoms with Crippen LogP contribution < -0.4 is 16.6 Å². The summed E-state index contributed by atoms with van der Waals surface area (Å²) >= 11 is 0. The highest BCUT2D eigenvalue weighted by Crippen LogP contribution is 2.18. The number of hydrogen-bond acceptors (Lipinski definition) is 8. The fourth-order valence-corrected chi connectivity index (χ4v) is 3.80. The lowest BCUT2D eigenvalue weighted by molar-refractivity contribution is 0.538. The van der Waals surface area contributed by atoms with Gasteiger partial charge in [-0.3, -0.25) is 9.59 Å². The Morgan fingerprint density at radius 2 is 1.33 bits per heavy atom. The van der Waals surface area contributed by atoms with Crippen molar-refractivity contribution in [2.75, 3.05) is 0 Å². The van der Waals surface area contributed by atoms with Crippen LogP contribution in [0.25, 0.3) is 43.8 Å². The van der Waals surface area contributed by atoms with Gasteiger partial charge >= 0.3 is 0 Å². The Morgan fingerprint density at radius 1 is 0.821 bits per heavy atom. The van der Waals surface area contributed by atoms with Crippen molar-refractivity contribution < 1.29 is 8.83 Å². The summed E-state index contributed by atoms with van der Waals surface area (Å²) in [6.07, 6.45) is 6.98. The smallest absolute Gasteiger partial charge is 0.193 e. The Balaban J connectivity index is 0.000000177. The van der Waals surface area contributed by atoms with Gasteiger partial charge in [0.1, 0.15) is 22.7 Å². The van der Waals surface area contributed by atoms with Gasteiger partial charge in [0, 0.05) is 54.0 Å². The average Bonchev–Trinajstić information content (AvgIpc) is 3.67. The predicted molar refractivity (Wildman–Crippen MR) is 147 cm³/mol. The number of nitrogens with zero attached hydrogens (tertiary/aromatic N) is 7. The van der Waals surface area contributed by atoms with Crippen molar-refractivity contribution in [3.05, 3.63) is 128 Å². The fraction of sp³-hybridized carbons (Fsp3) is 0.0769. The molecule has 0 amide bonds. The predicted octanol–water partition coefficient (Wildman–Crippen LogP) is 4.65. The van der Waals surface area contributed by atoms with Crippen LogP contribution in [0.5, 0.6) is 0 Å². The molecule has 2 N–H and O–H groups in total. The molecule has 0 saturated carbocycles. The van der Waals surface area contributed by atoms with Crippen molar-refractivity contribution in [1.29, 1.82) is 0 Å². The number of hydrogen-bond donors (Lipinski definition) is 1. The molecule has 6 aromatic rings. The topological polar surface area (TPSA) is 171 Å². The first-order valence-electron chi connectivity index (χ1n) is 11.4. The van der Waals surface area contributed by atoms with Gasteiger partial charge in [0.05, 0.1) is 35.2 Å². The van der Waals surface area contributed by atoms with E-state index in [9.17, 15) is 9.59 Å². The van der Waals surface area contributed by atoms with Crippen molar-refractivity contribution in [2.24, 2.45) is 10.8 Å². The molecule has 39 heavy (non-hydrogen) atoms. The molecule has 196 valence electrons. The zero-order chi connectivity index (χ0) is 26.5. The molecule has 0 aliphatic heterocycles. The van der Waals surface area contributed by atoms with Gasteiger partial charge in [-0.2, -0.15) is 10.2 Å². The molecule has 4 aromatic heterocycles. The maximum atomic E-state index is 11.9. The molecule has 2 aromatic carbocycles. The summed E-state index contributed by atoms with van der Waals surface area (Å²) in [6.45, 7) is 0.213. The van der Waals surface area contributed by atoms with Crippen molar-refractivity contribution in [3.8, 4) is 11.4 Å². The monoisotopic (exact) mass is 544 g/mol. The first kappa shape index (κ1) is 26.9. The van der Waals surface area contributed by atoms with Crippen LogP contribution in [0, 0.1) is 0 Å². The third kappa shape index (κ3) is 5.89. The Kier molecular flexibility index (Phi) is 8.22. The van der Waals surface area contributed by atoms with Crippen LogP contribution in [0.1, 0.15) is 11.5 Å². The zero-order valence-electron chi connectivity index (χ0n) is 20.2. The average molecular weight is 545 g/mol. The highest BCUT2D eigenvalue weighted by molar-refractivity contribution is 5.85. The normalized spacial score (nSPS) is 10.4. The number of rotatable bonds is 5. The maximum absolute atomic E-state index is 11.9. The quantitative estimate of drug-likeness (QED) is 0.187. The third-order valence-corrected chi connectivity index (χ3v) is 5.56. The van der Waals surface area contributed by atoms with E-state index >= 15 is 0 Å². The standard InChI is InChI=1S/C13H9N5O2.C13H11N3O2.ClH/c14-17-15-8-10-7-12(19)11-3-2-9(6-13(11)20-10)18-5-1-4-16-18;14-8-10-7-12(17)11-3-2-9(6-13(11)18-10)16-5-1-4-15-16;/h1-7H,8H2;1-7H,8,14H2;1H. The van der Waals surface area contributed by atoms with Crippen LogP contribution in [-0.2, 0) is 13.1 Å². The summed E-state index contributed by atoms with van der Waals surface area (Å²) in [5.74, 6) is 0.808. The summed E-state index contributed by atoms with van der Waals surface area (Å²) < 4.78 is 14.5. The van der Waals surface area contributed by atoms with Gasteiger partial charge in [-0.1, -0.05) is 5.11 Å². The Bertz CT molecular complexity index is 1890. The number of halogens is 1. The van der Waals surface area contributed by atoms with Crippen LogP contribution in [0.3, 0.4) is 0 Å². The first-order chi connectivity index (χ1) is 18.6. The van der Waals surface area contributed by atoms with Crippen molar-refractivity contribution in [1.82, 2.24) is 19.6 Å². The second-order valence-electron chi connectivity index (χ2n) is 8.01. The van der Waals surface area contributed by atoms with E-state index in [-0.39, 0.29) is 36.4 Å². The summed E-state index contributed by atoms with van der Waals surface area (Å²) in [4.78, 5) is 26.4. The Morgan fingerprint density at radius 3 is 1.79 bits per heavy atom. The number of fused-ring (bicyclic) bond motifs is 2. The van der Waals surface area contributed by atoms with Crippen LogP contribution in [0.4, 0.5) is 0 Å². The molecular formula is C26H21ClN8O4. The lowest BCUT2D eigenvalue weighted by Crippen LogP contribution is -2.06. The van der Waals surface area contributed by atoms with E-state index in [1.807, 2.05) is 18.3 Å². The largest absolute Gasteiger partial charge is 0.461 e. The van der Waals surface area contributed by atoms with Gasteiger partial charge in [0.15, 0.2) is 10.9 Å². The molecule has 0 aliphatic carbocycles. The fourth-order valence-electron chi connectivity index (χ4n) is 3.80. The SMILES string of the molecule is Cl.NCc1cc(=O)c2ccc(-n3cccn3)cc2o1.[N-]=[N+]=NCc1cc(=O)c2ccc(-n3cccn3)cc2o1. The van der Waals surface area contributed by atoms with Gasteiger partial charge in [0.25, 0.3) is 0 Å². The number of benzene rings is 2. The highest BCUT2D eigenvalue weighted by Gasteiger charge is 2.07. The van der Waals surface area contributed by atoms with Gasteiger partial charge in [-0.15, -0.1) is 12.4 Å². The molecule has 0 aliphatic rings. The lowest BCUT2D eigenvalue weighted by Gasteiger charge is -2.04. The minimum absolute atomic E-state index is 0. The number of nitrogens with two attached hydrogens (primary N) is 1. The van der Waals surface area contributed by atoms with Crippen molar-refractivity contribution in [2.45, 2.75) is 13.1 Å². The van der Waals surface area contributed by atoms with Gasteiger partial charge in [-0.25, -0.2) is 9.36 Å². The molecule has 0 bridgehead atoms. The van der Waals surface area contributed by atoms with Crippen LogP contribution >= 0.6 is 12.4 Å². The third-order valence-electron chi connectivity index (χ3n) is 5.56. The molecule has 6 rings (SSSR count). The molecule has 13 heteroatoms. The van der Waals surface area contributed by atoms with Crippen LogP contribution in [-0.4, -0.2) is 19.6 Å². The summed E-state index contributed by atoms with van der Waals surface area (Å²) in [5, 5.41) is 12.7. The van der Waals surface area contributed by atoms with Gasteiger partial charge in [-0.05, 0) is 41.9 Å². The molecule has 12 nitrogen and oxygen atoms in total. The second-order valence-corrected chi connectivity index (χ2v) is 8.01. The number of azide groups is 1. The van der Waals surface area contributed by atoms with E-state index in [4.69, 9.17) is 20.1 Å². The molecule has 4 heterocycles. The van der Waals surface area contributed by atoms with E-state index in [0.29, 0.717) is 33.5 Å². The van der Waals surface area contributed by atoms with Gasteiger partial charge in [0.2, 0.25) is 0 Å². The van der Waals surface area contributed by atoms with Crippen molar-refractivity contribution >= 4 is 34.3 Å². The minimum atomic E-state index is -0.165. The molecular weight excluding hydrogens is 524 g/mol. The van der Waals surface area contributed by atoms with Gasteiger partial charge < -0.3 is 14.6 Å².